The van der Waals surface area contributed by atoms with Gasteiger partial charge in [-0.2, -0.15) is 0 Å². The lowest BCUT2D eigenvalue weighted by molar-refractivity contribution is 0.202. The van der Waals surface area contributed by atoms with E-state index in [0.717, 1.165) is 23.0 Å². The van der Waals surface area contributed by atoms with Crippen molar-refractivity contribution in [2.75, 3.05) is 18.0 Å². The summed E-state index contributed by atoms with van der Waals surface area (Å²) in [6.45, 7) is 4.44. The third kappa shape index (κ3) is 2.54. The van der Waals surface area contributed by atoms with Crippen LogP contribution in [0.5, 0.6) is 0 Å². The van der Waals surface area contributed by atoms with Crippen LogP contribution in [0.2, 0.25) is 0 Å². The molecule has 1 heterocycles. The van der Waals surface area contributed by atoms with Gasteiger partial charge in [0.1, 0.15) is 5.84 Å². The minimum Gasteiger partial charge on any atom is -0.384 e. The summed E-state index contributed by atoms with van der Waals surface area (Å²) >= 11 is 0. The van der Waals surface area contributed by atoms with E-state index in [0.29, 0.717) is 0 Å². The monoisotopic (exact) mass is 271 g/mol. The summed E-state index contributed by atoms with van der Waals surface area (Å²) in [5.74, 6) is 2.03. The SMILES string of the molecule is Cc1cc(N2CCC3CCCCC3C2)ccc1C(=N)N. The number of amidine groups is 1. The summed E-state index contributed by atoms with van der Waals surface area (Å²) in [6.07, 6.45) is 7.05. The molecule has 1 saturated carbocycles. The van der Waals surface area contributed by atoms with Crippen LogP contribution >= 0.6 is 0 Å². The number of aryl methyl sites for hydroxylation is 1. The molecule has 1 saturated heterocycles. The molecule has 20 heavy (non-hydrogen) atoms. The second kappa shape index (κ2) is 5.47. The highest BCUT2D eigenvalue weighted by molar-refractivity contribution is 5.96. The first-order chi connectivity index (χ1) is 9.65. The highest BCUT2D eigenvalue weighted by atomic mass is 15.1. The molecule has 0 radical (unpaired) electrons. The second-order valence-electron chi connectivity index (χ2n) is 6.45. The van der Waals surface area contributed by atoms with E-state index in [1.807, 2.05) is 13.0 Å². The summed E-state index contributed by atoms with van der Waals surface area (Å²) in [6, 6.07) is 6.33. The molecule has 0 aromatic heterocycles. The van der Waals surface area contributed by atoms with Gasteiger partial charge in [0.25, 0.3) is 0 Å². The van der Waals surface area contributed by atoms with Gasteiger partial charge in [0.05, 0.1) is 0 Å². The molecule has 0 spiro atoms. The number of benzene rings is 1. The van der Waals surface area contributed by atoms with E-state index < -0.39 is 0 Å². The molecular weight excluding hydrogens is 246 g/mol. The Bertz CT molecular complexity index is 509. The average Bonchev–Trinajstić information content (AvgIpc) is 2.46. The molecule has 3 nitrogen and oxygen atoms in total. The molecule has 3 N–H and O–H groups in total. The third-order valence-corrected chi connectivity index (χ3v) is 5.16. The molecule has 108 valence electrons. The zero-order valence-electron chi connectivity index (χ0n) is 12.4. The number of fused-ring (bicyclic) bond motifs is 1. The topological polar surface area (TPSA) is 53.1 Å². The lowest BCUT2D eigenvalue weighted by Crippen LogP contribution is -2.41. The molecule has 1 aromatic carbocycles. The van der Waals surface area contributed by atoms with Crippen LogP contribution in [-0.4, -0.2) is 18.9 Å². The summed E-state index contributed by atoms with van der Waals surface area (Å²) < 4.78 is 0. The van der Waals surface area contributed by atoms with Crippen LogP contribution in [0, 0.1) is 24.2 Å². The summed E-state index contributed by atoms with van der Waals surface area (Å²) in [5.41, 5.74) is 8.88. The van der Waals surface area contributed by atoms with Gasteiger partial charge in [-0.15, -0.1) is 0 Å². The maximum Gasteiger partial charge on any atom is 0.123 e. The summed E-state index contributed by atoms with van der Waals surface area (Å²) in [7, 11) is 0. The zero-order valence-corrected chi connectivity index (χ0v) is 12.4. The fourth-order valence-electron chi connectivity index (χ4n) is 3.98. The Morgan fingerprint density at radius 2 is 1.95 bits per heavy atom. The van der Waals surface area contributed by atoms with Gasteiger partial charge in [-0.25, -0.2) is 0 Å². The van der Waals surface area contributed by atoms with Gasteiger partial charge < -0.3 is 10.6 Å². The lowest BCUT2D eigenvalue weighted by Gasteiger charge is -2.42. The van der Waals surface area contributed by atoms with Gasteiger partial charge in [0.2, 0.25) is 0 Å². The molecule has 1 aliphatic carbocycles. The molecule has 3 heteroatoms. The van der Waals surface area contributed by atoms with Crippen molar-refractivity contribution in [3.05, 3.63) is 29.3 Å². The van der Waals surface area contributed by atoms with E-state index in [-0.39, 0.29) is 5.84 Å². The Morgan fingerprint density at radius 1 is 1.20 bits per heavy atom. The molecule has 2 fully saturated rings. The summed E-state index contributed by atoms with van der Waals surface area (Å²) in [5, 5.41) is 7.58. The zero-order chi connectivity index (χ0) is 14.1. The molecule has 2 unspecified atom stereocenters. The molecule has 2 atom stereocenters. The second-order valence-corrected chi connectivity index (χ2v) is 6.45. The van der Waals surface area contributed by atoms with E-state index >= 15 is 0 Å². The molecule has 1 aromatic rings. The lowest BCUT2D eigenvalue weighted by atomic mass is 9.75. The van der Waals surface area contributed by atoms with Gasteiger partial charge >= 0.3 is 0 Å². The first kappa shape index (κ1) is 13.5. The van der Waals surface area contributed by atoms with Crippen molar-refractivity contribution in [3.63, 3.8) is 0 Å². The number of rotatable bonds is 2. The van der Waals surface area contributed by atoms with Crippen molar-refractivity contribution < 1.29 is 0 Å². The molecule has 2 aliphatic rings. The smallest absolute Gasteiger partial charge is 0.123 e. The highest BCUT2D eigenvalue weighted by Crippen LogP contribution is 2.37. The van der Waals surface area contributed by atoms with Gasteiger partial charge in [-0.05, 0) is 55.4 Å². The number of anilines is 1. The standard InChI is InChI=1S/C17H25N3/c1-12-10-15(6-7-16(12)17(18)19)20-9-8-13-4-2-3-5-14(13)11-20/h6-7,10,13-14H,2-5,8-9,11H2,1H3,(H3,18,19). The van der Waals surface area contributed by atoms with Crippen molar-refractivity contribution in [1.29, 1.82) is 5.41 Å². The van der Waals surface area contributed by atoms with Crippen LogP contribution in [0.1, 0.15) is 43.2 Å². The minimum atomic E-state index is 0.167. The van der Waals surface area contributed by atoms with Crippen molar-refractivity contribution in [2.24, 2.45) is 17.6 Å². The van der Waals surface area contributed by atoms with E-state index in [4.69, 9.17) is 11.1 Å². The van der Waals surface area contributed by atoms with Gasteiger partial charge in [0, 0.05) is 24.3 Å². The van der Waals surface area contributed by atoms with Crippen molar-refractivity contribution in [3.8, 4) is 0 Å². The normalized spacial score (nSPS) is 26.1. The van der Waals surface area contributed by atoms with E-state index in [1.165, 1.54) is 50.9 Å². The fourth-order valence-corrected chi connectivity index (χ4v) is 3.98. The van der Waals surface area contributed by atoms with Gasteiger partial charge in [-0.3, -0.25) is 5.41 Å². The van der Waals surface area contributed by atoms with E-state index in [9.17, 15) is 0 Å². The van der Waals surface area contributed by atoms with Crippen molar-refractivity contribution in [1.82, 2.24) is 0 Å². The maximum absolute atomic E-state index is 7.58. The van der Waals surface area contributed by atoms with Crippen molar-refractivity contribution >= 4 is 11.5 Å². The van der Waals surface area contributed by atoms with Gasteiger partial charge in [-0.1, -0.05) is 19.3 Å². The number of nitrogens with two attached hydrogens (primary N) is 1. The number of nitrogens with one attached hydrogen (secondary N) is 1. The minimum absolute atomic E-state index is 0.167. The molecule has 0 bridgehead atoms. The number of piperidine rings is 1. The number of hydrogen-bond acceptors (Lipinski definition) is 2. The first-order valence-corrected chi connectivity index (χ1v) is 7.85. The largest absolute Gasteiger partial charge is 0.384 e. The van der Waals surface area contributed by atoms with Gasteiger partial charge in [0.15, 0.2) is 0 Å². The van der Waals surface area contributed by atoms with Crippen molar-refractivity contribution in [2.45, 2.75) is 39.0 Å². The van der Waals surface area contributed by atoms with E-state index in [1.54, 1.807) is 0 Å². The van der Waals surface area contributed by atoms with Crippen LogP contribution in [-0.2, 0) is 0 Å². The van der Waals surface area contributed by atoms with Crippen LogP contribution in [0.25, 0.3) is 0 Å². The summed E-state index contributed by atoms with van der Waals surface area (Å²) in [4.78, 5) is 2.53. The molecular formula is C17H25N3. The highest BCUT2D eigenvalue weighted by Gasteiger charge is 2.31. The maximum atomic E-state index is 7.58. The first-order valence-electron chi connectivity index (χ1n) is 7.85. The predicted molar refractivity (Wildman–Crippen MR) is 84.5 cm³/mol. The van der Waals surface area contributed by atoms with Crippen LogP contribution < -0.4 is 10.6 Å². The third-order valence-electron chi connectivity index (χ3n) is 5.16. The Labute approximate surface area is 121 Å². The number of hydrogen-bond donors (Lipinski definition) is 2. The Kier molecular flexibility index (Phi) is 3.68. The Balaban J connectivity index is 1.76. The Hall–Kier alpha value is -1.51. The molecule has 0 amide bonds. The van der Waals surface area contributed by atoms with Crippen LogP contribution in [0.3, 0.4) is 0 Å². The van der Waals surface area contributed by atoms with E-state index in [2.05, 4.69) is 17.0 Å². The molecule has 3 rings (SSSR count). The fraction of sp³-hybridized carbons (Fsp3) is 0.588. The molecule has 1 aliphatic heterocycles. The number of nitrogens with zero attached hydrogens (tertiary/aromatic N) is 1. The van der Waals surface area contributed by atoms with Crippen LogP contribution in [0.4, 0.5) is 5.69 Å². The van der Waals surface area contributed by atoms with Crippen LogP contribution in [0.15, 0.2) is 18.2 Å². The average molecular weight is 271 g/mol. The Morgan fingerprint density at radius 3 is 2.65 bits per heavy atom. The quantitative estimate of drug-likeness (QED) is 0.640. The number of nitrogen functional groups attached to an aromatic ring is 1. The predicted octanol–water partition coefficient (Wildman–Crippen LogP) is 3.30.